The van der Waals surface area contributed by atoms with Gasteiger partial charge in [0.05, 0.1) is 0 Å². The van der Waals surface area contributed by atoms with E-state index in [2.05, 4.69) is 15.5 Å². The van der Waals surface area contributed by atoms with Crippen LogP contribution in [0.3, 0.4) is 0 Å². The Morgan fingerprint density at radius 3 is 2.75 bits per heavy atom. The van der Waals surface area contributed by atoms with Crippen molar-refractivity contribution >= 4 is 40.1 Å². The summed E-state index contributed by atoms with van der Waals surface area (Å²) >= 11 is 7.45. The van der Waals surface area contributed by atoms with E-state index in [4.69, 9.17) is 16.0 Å². The molecule has 8 heteroatoms. The molecule has 158 valence electrons. The second-order valence-corrected chi connectivity index (χ2v) is 8.42. The predicted molar refractivity (Wildman–Crippen MR) is 125 cm³/mol. The van der Waals surface area contributed by atoms with Gasteiger partial charge in [-0.3, -0.25) is 10.1 Å². The summed E-state index contributed by atoms with van der Waals surface area (Å²) in [6, 6.07) is 20.8. The lowest BCUT2D eigenvalue weighted by Crippen LogP contribution is -2.13. The summed E-state index contributed by atoms with van der Waals surface area (Å²) in [4.78, 5) is 12.6. The summed E-state index contributed by atoms with van der Waals surface area (Å²) in [5.41, 5.74) is 2.77. The van der Waals surface area contributed by atoms with Gasteiger partial charge in [-0.15, -0.1) is 10.2 Å². The smallest absolute Gasteiger partial charge is 0.268 e. The number of nitrogens with zero attached hydrogens (tertiary/aromatic N) is 3. The SMILES string of the molecule is Cc1ccc(-c2ccc(/C=C(/C#N)C(=O)Nc3nnc(Cc4ccccc4)s3)o2)cc1Cl. The van der Waals surface area contributed by atoms with Crippen LogP contribution in [0.25, 0.3) is 17.4 Å². The molecule has 1 amide bonds. The Hall–Kier alpha value is -3.73. The Bertz CT molecular complexity index is 1340. The number of furan rings is 1. The number of aryl methyl sites for hydroxylation is 1. The number of amides is 1. The quantitative estimate of drug-likeness (QED) is 0.286. The maximum Gasteiger partial charge on any atom is 0.268 e. The summed E-state index contributed by atoms with van der Waals surface area (Å²) < 4.78 is 5.78. The van der Waals surface area contributed by atoms with Crippen molar-refractivity contribution in [2.24, 2.45) is 0 Å². The number of carbonyl (C=O) groups is 1. The second-order valence-electron chi connectivity index (χ2n) is 6.95. The minimum atomic E-state index is -0.578. The highest BCUT2D eigenvalue weighted by Gasteiger charge is 2.14. The summed E-state index contributed by atoms with van der Waals surface area (Å²) in [5.74, 6) is 0.391. The number of aromatic nitrogens is 2. The molecule has 0 saturated heterocycles. The van der Waals surface area contributed by atoms with Crippen LogP contribution in [0.1, 0.15) is 21.9 Å². The van der Waals surface area contributed by atoms with Gasteiger partial charge < -0.3 is 4.42 Å². The van der Waals surface area contributed by atoms with Crippen molar-refractivity contribution in [1.82, 2.24) is 10.2 Å². The molecule has 0 radical (unpaired) electrons. The molecule has 32 heavy (non-hydrogen) atoms. The Morgan fingerprint density at radius 1 is 1.19 bits per heavy atom. The number of benzene rings is 2. The Balaban J connectivity index is 1.46. The summed E-state index contributed by atoms with van der Waals surface area (Å²) in [6.07, 6.45) is 2.01. The number of anilines is 1. The summed E-state index contributed by atoms with van der Waals surface area (Å²) in [6.45, 7) is 1.92. The molecule has 4 aromatic rings. The molecule has 0 atom stereocenters. The van der Waals surface area contributed by atoms with Crippen molar-refractivity contribution in [3.63, 3.8) is 0 Å². The zero-order valence-electron chi connectivity index (χ0n) is 17.0. The van der Waals surface area contributed by atoms with E-state index in [0.29, 0.717) is 28.1 Å². The molecule has 4 rings (SSSR count). The van der Waals surface area contributed by atoms with E-state index in [1.54, 1.807) is 12.1 Å². The second kappa shape index (κ2) is 9.60. The van der Waals surface area contributed by atoms with Crippen LogP contribution in [-0.2, 0) is 11.2 Å². The third kappa shape index (κ3) is 5.11. The zero-order valence-corrected chi connectivity index (χ0v) is 18.6. The maximum absolute atomic E-state index is 12.6. The van der Waals surface area contributed by atoms with Crippen LogP contribution in [0, 0.1) is 18.3 Å². The molecule has 0 bridgehead atoms. The fraction of sp³-hybridized carbons (Fsp3) is 0.0833. The lowest BCUT2D eigenvalue weighted by Gasteiger charge is -2.01. The molecule has 2 aromatic carbocycles. The highest BCUT2D eigenvalue weighted by Crippen LogP contribution is 2.28. The van der Waals surface area contributed by atoms with Gasteiger partial charge in [-0.05, 0) is 36.2 Å². The summed E-state index contributed by atoms with van der Waals surface area (Å²) in [7, 11) is 0. The van der Waals surface area contributed by atoms with Crippen LogP contribution in [-0.4, -0.2) is 16.1 Å². The molecular formula is C24H17ClN4O2S. The molecule has 6 nitrogen and oxygen atoms in total. The van der Waals surface area contributed by atoms with Gasteiger partial charge in [-0.1, -0.05) is 65.4 Å². The highest BCUT2D eigenvalue weighted by molar-refractivity contribution is 7.15. The topological polar surface area (TPSA) is 91.8 Å². The zero-order chi connectivity index (χ0) is 22.5. The van der Waals surface area contributed by atoms with Crippen molar-refractivity contribution in [2.45, 2.75) is 13.3 Å². The van der Waals surface area contributed by atoms with Gasteiger partial charge in [0.1, 0.15) is 28.2 Å². The number of hydrogen-bond acceptors (Lipinski definition) is 6. The average molecular weight is 461 g/mol. The van der Waals surface area contributed by atoms with Gasteiger partial charge >= 0.3 is 0 Å². The molecule has 0 saturated carbocycles. The molecule has 2 heterocycles. The monoisotopic (exact) mass is 460 g/mol. The lowest BCUT2D eigenvalue weighted by atomic mass is 10.1. The number of rotatable bonds is 6. The molecule has 1 N–H and O–H groups in total. The standard InChI is InChI=1S/C24H17ClN4O2S/c1-15-7-8-17(13-20(15)25)21-10-9-19(31-21)12-18(14-26)23(30)27-24-29-28-22(32-24)11-16-5-3-2-4-6-16/h2-10,12-13H,11H2,1H3,(H,27,29,30)/b18-12-. The molecule has 0 unspecified atom stereocenters. The molecule has 0 fully saturated rings. The molecule has 0 aliphatic rings. The first-order chi connectivity index (χ1) is 15.5. The van der Waals surface area contributed by atoms with Gasteiger partial charge in [0, 0.05) is 23.1 Å². The number of nitrogens with one attached hydrogen (secondary N) is 1. The van der Waals surface area contributed by atoms with Gasteiger partial charge in [-0.2, -0.15) is 5.26 Å². The van der Waals surface area contributed by atoms with E-state index in [1.807, 2.05) is 61.5 Å². The van der Waals surface area contributed by atoms with Crippen molar-refractivity contribution in [1.29, 1.82) is 5.26 Å². The minimum Gasteiger partial charge on any atom is -0.457 e. The van der Waals surface area contributed by atoms with Crippen LogP contribution >= 0.6 is 22.9 Å². The van der Waals surface area contributed by atoms with Crippen LogP contribution in [0.2, 0.25) is 5.02 Å². The molecule has 0 aliphatic carbocycles. The third-order valence-electron chi connectivity index (χ3n) is 4.62. The van der Waals surface area contributed by atoms with Crippen molar-refractivity contribution in [2.75, 3.05) is 5.32 Å². The van der Waals surface area contributed by atoms with Crippen molar-refractivity contribution < 1.29 is 9.21 Å². The van der Waals surface area contributed by atoms with Gasteiger partial charge in [0.15, 0.2) is 0 Å². The van der Waals surface area contributed by atoms with Crippen molar-refractivity contribution in [3.05, 3.63) is 93.2 Å². The number of carbonyl (C=O) groups excluding carboxylic acids is 1. The van der Waals surface area contributed by atoms with Crippen LogP contribution in [0.4, 0.5) is 5.13 Å². The van der Waals surface area contributed by atoms with Crippen LogP contribution in [0.15, 0.2) is 70.7 Å². The first kappa shape index (κ1) is 21.5. The third-order valence-corrected chi connectivity index (χ3v) is 5.87. The maximum atomic E-state index is 12.6. The molecular weight excluding hydrogens is 444 g/mol. The van der Waals surface area contributed by atoms with Crippen molar-refractivity contribution in [3.8, 4) is 17.4 Å². The molecule has 0 spiro atoms. The fourth-order valence-corrected chi connectivity index (χ4v) is 3.88. The highest BCUT2D eigenvalue weighted by atomic mass is 35.5. The number of nitriles is 1. The first-order valence-corrected chi connectivity index (χ1v) is 10.9. The minimum absolute atomic E-state index is 0.104. The Morgan fingerprint density at radius 2 is 2.00 bits per heavy atom. The molecule has 0 aliphatic heterocycles. The fourth-order valence-electron chi connectivity index (χ4n) is 2.93. The van der Waals surface area contributed by atoms with E-state index in [-0.39, 0.29) is 5.57 Å². The van der Waals surface area contributed by atoms with Crippen LogP contribution < -0.4 is 5.32 Å². The number of halogens is 1. The van der Waals surface area contributed by atoms with E-state index in [0.717, 1.165) is 21.7 Å². The Labute approximate surface area is 193 Å². The number of hydrogen-bond donors (Lipinski definition) is 1. The van der Waals surface area contributed by atoms with E-state index < -0.39 is 5.91 Å². The molecule has 2 aromatic heterocycles. The van der Waals surface area contributed by atoms with Gasteiger partial charge in [0.25, 0.3) is 5.91 Å². The normalized spacial score (nSPS) is 11.2. The van der Waals surface area contributed by atoms with E-state index in [9.17, 15) is 10.1 Å². The van der Waals surface area contributed by atoms with E-state index >= 15 is 0 Å². The van der Waals surface area contributed by atoms with Gasteiger partial charge in [-0.25, -0.2) is 0 Å². The van der Waals surface area contributed by atoms with Crippen LogP contribution in [0.5, 0.6) is 0 Å². The predicted octanol–water partition coefficient (Wildman–Crippen LogP) is 5.90. The Kier molecular flexibility index (Phi) is 6.45. The first-order valence-electron chi connectivity index (χ1n) is 9.67. The average Bonchev–Trinajstić information content (AvgIpc) is 3.44. The van der Waals surface area contributed by atoms with E-state index in [1.165, 1.54) is 17.4 Å². The summed E-state index contributed by atoms with van der Waals surface area (Å²) in [5, 5.41) is 21.9. The lowest BCUT2D eigenvalue weighted by molar-refractivity contribution is -0.112. The largest absolute Gasteiger partial charge is 0.457 e. The van der Waals surface area contributed by atoms with Gasteiger partial charge in [0.2, 0.25) is 5.13 Å².